The van der Waals surface area contributed by atoms with Gasteiger partial charge in [0, 0.05) is 17.0 Å². The summed E-state index contributed by atoms with van der Waals surface area (Å²) < 4.78 is 2.21. The summed E-state index contributed by atoms with van der Waals surface area (Å²) >= 11 is 1.28. The molecule has 0 saturated heterocycles. The molecule has 3 rings (SSSR count). The highest BCUT2D eigenvalue weighted by atomic mass is 32.2. The molecule has 0 spiro atoms. The molecule has 7 heteroatoms. The van der Waals surface area contributed by atoms with Gasteiger partial charge in [-0.3, -0.25) is 4.79 Å². The van der Waals surface area contributed by atoms with Crippen LogP contribution in [0, 0.1) is 13.8 Å². The first-order valence-electron chi connectivity index (χ1n) is 8.04. The van der Waals surface area contributed by atoms with Crippen molar-refractivity contribution in [1.82, 2.24) is 19.7 Å². The first-order valence-corrected chi connectivity index (χ1v) is 9.03. The summed E-state index contributed by atoms with van der Waals surface area (Å²) in [5.41, 5.74) is 9.52. The molecule has 3 aromatic rings. The predicted molar refractivity (Wildman–Crippen MR) is 100 cm³/mol. The number of hydrogen-bond acceptors (Lipinski definition) is 5. The number of carbonyl (C=O) groups is 1. The Labute approximate surface area is 150 Å². The molecule has 0 amide bonds. The average molecular weight is 355 g/mol. The molecule has 2 aromatic heterocycles. The van der Waals surface area contributed by atoms with Gasteiger partial charge < -0.3 is 10.3 Å². The zero-order valence-electron chi connectivity index (χ0n) is 14.5. The van der Waals surface area contributed by atoms with Crippen molar-refractivity contribution in [3.8, 4) is 0 Å². The van der Waals surface area contributed by atoms with Crippen LogP contribution in [0.4, 0.5) is 5.95 Å². The van der Waals surface area contributed by atoms with Gasteiger partial charge in [-0.05, 0) is 32.4 Å². The Balaban J connectivity index is 1.80. The molecule has 130 valence electrons. The van der Waals surface area contributed by atoms with Crippen LogP contribution in [0.3, 0.4) is 0 Å². The van der Waals surface area contributed by atoms with Crippen LogP contribution in [0.25, 0.3) is 0 Å². The van der Waals surface area contributed by atoms with Crippen molar-refractivity contribution in [3.63, 3.8) is 0 Å². The summed E-state index contributed by atoms with van der Waals surface area (Å²) in [5.74, 6) is 0.596. The van der Waals surface area contributed by atoms with Crippen molar-refractivity contribution in [3.05, 3.63) is 58.9 Å². The lowest BCUT2D eigenvalue weighted by Gasteiger charge is -2.19. The van der Waals surface area contributed by atoms with Gasteiger partial charge in [-0.25, -0.2) is 5.10 Å². The van der Waals surface area contributed by atoms with E-state index < -0.39 is 0 Å². The molecular weight excluding hydrogens is 334 g/mol. The highest BCUT2D eigenvalue weighted by molar-refractivity contribution is 7.99. The van der Waals surface area contributed by atoms with E-state index in [-0.39, 0.29) is 23.5 Å². The zero-order chi connectivity index (χ0) is 18.0. The van der Waals surface area contributed by atoms with Crippen molar-refractivity contribution in [1.29, 1.82) is 0 Å². The first kappa shape index (κ1) is 17.3. The fourth-order valence-corrected chi connectivity index (χ4v) is 3.76. The number of Topliss-reactive ketones (excluding diaryl/α,β-unsaturated/α-hetero) is 1. The van der Waals surface area contributed by atoms with Crippen LogP contribution in [-0.2, 0) is 0 Å². The Morgan fingerprint density at radius 1 is 1.32 bits per heavy atom. The summed E-state index contributed by atoms with van der Waals surface area (Å²) in [7, 11) is 0. The number of nitrogens with two attached hydrogens (primary N) is 1. The van der Waals surface area contributed by atoms with E-state index in [1.54, 1.807) is 0 Å². The van der Waals surface area contributed by atoms with Gasteiger partial charge in [0.15, 0.2) is 5.78 Å². The number of thioether (sulfide) groups is 1. The topological polar surface area (TPSA) is 89.6 Å². The van der Waals surface area contributed by atoms with Crippen molar-refractivity contribution in [2.45, 2.75) is 32.0 Å². The van der Waals surface area contributed by atoms with Crippen LogP contribution in [-0.4, -0.2) is 31.3 Å². The Hall–Kier alpha value is -2.54. The lowest BCUT2D eigenvalue weighted by atomic mass is 10.1. The highest BCUT2D eigenvalue weighted by Crippen LogP contribution is 2.26. The number of nitrogens with zero attached hydrogens (tertiary/aromatic N) is 3. The molecule has 0 radical (unpaired) electrons. The Kier molecular flexibility index (Phi) is 4.94. The zero-order valence-corrected chi connectivity index (χ0v) is 15.3. The van der Waals surface area contributed by atoms with Crippen LogP contribution in [0.2, 0.25) is 0 Å². The molecule has 0 saturated carbocycles. The maximum atomic E-state index is 12.6. The van der Waals surface area contributed by atoms with E-state index >= 15 is 0 Å². The van der Waals surface area contributed by atoms with Gasteiger partial charge in [0.25, 0.3) is 0 Å². The third kappa shape index (κ3) is 3.61. The van der Waals surface area contributed by atoms with Gasteiger partial charge in [-0.2, -0.15) is 4.98 Å². The van der Waals surface area contributed by atoms with E-state index in [0.717, 1.165) is 17.0 Å². The maximum Gasteiger partial charge on any atom is 0.216 e. The number of hydrogen-bond donors (Lipinski definition) is 2. The molecule has 2 heterocycles. The Bertz CT molecular complexity index is 884. The van der Waals surface area contributed by atoms with Gasteiger partial charge in [0.2, 0.25) is 11.1 Å². The average Bonchev–Trinajstić information content (AvgIpc) is 3.16. The van der Waals surface area contributed by atoms with E-state index in [9.17, 15) is 4.79 Å². The summed E-state index contributed by atoms with van der Waals surface area (Å²) in [6.07, 6.45) is 0. The van der Waals surface area contributed by atoms with Crippen LogP contribution < -0.4 is 5.73 Å². The van der Waals surface area contributed by atoms with E-state index in [1.807, 2.05) is 38.1 Å². The number of H-pyrrole nitrogens is 1. The molecule has 0 bridgehead atoms. The lowest BCUT2D eigenvalue weighted by Crippen LogP contribution is -2.11. The molecule has 0 aliphatic rings. The number of aromatic amines is 1. The lowest BCUT2D eigenvalue weighted by molar-refractivity contribution is 0.102. The second-order valence-corrected chi connectivity index (χ2v) is 6.90. The smallest absolute Gasteiger partial charge is 0.216 e. The third-order valence-electron chi connectivity index (χ3n) is 4.27. The number of benzene rings is 1. The molecule has 1 atom stereocenters. The minimum Gasteiger partial charge on any atom is -0.368 e. The minimum atomic E-state index is 0.0629. The molecule has 6 nitrogen and oxygen atoms in total. The summed E-state index contributed by atoms with van der Waals surface area (Å²) in [4.78, 5) is 16.6. The first-order chi connectivity index (χ1) is 12.0. The number of carbonyl (C=O) groups excluding carboxylic acids is 1. The minimum absolute atomic E-state index is 0.0629. The van der Waals surface area contributed by atoms with E-state index in [2.05, 4.69) is 38.8 Å². The number of aryl methyl sites for hydroxylation is 1. The molecule has 3 N–H and O–H groups in total. The number of nitrogen functional groups attached to an aromatic ring is 1. The highest BCUT2D eigenvalue weighted by Gasteiger charge is 2.20. The maximum absolute atomic E-state index is 12.6. The number of aromatic nitrogens is 4. The second kappa shape index (κ2) is 7.14. The number of ketones is 1. The summed E-state index contributed by atoms with van der Waals surface area (Å²) in [5, 5.41) is 6.99. The van der Waals surface area contributed by atoms with Crippen LogP contribution >= 0.6 is 11.8 Å². The molecule has 0 fully saturated rings. The molecule has 1 aromatic carbocycles. The quantitative estimate of drug-likeness (QED) is 0.522. The van der Waals surface area contributed by atoms with E-state index in [1.165, 1.54) is 17.3 Å². The number of anilines is 1. The number of rotatable bonds is 6. The molecule has 0 aliphatic heterocycles. The summed E-state index contributed by atoms with van der Waals surface area (Å²) in [6.45, 7) is 6.18. The molecule has 0 aliphatic carbocycles. The monoisotopic (exact) mass is 355 g/mol. The van der Waals surface area contributed by atoms with Crippen molar-refractivity contribution >= 4 is 23.5 Å². The van der Waals surface area contributed by atoms with Gasteiger partial charge in [0.05, 0.1) is 11.8 Å². The number of nitrogens with one attached hydrogen (secondary N) is 1. The second-order valence-electron chi connectivity index (χ2n) is 5.96. The van der Waals surface area contributed by atoms with Crippen molar-refractivity contribution in [2.75, 3.05) is 11.5 Å². The van der Waals surface area contributed by atoms with E-state index in [0.29, 0.717) is 5.16 Å². The SMILES string of the molecule is Cc1cc(C(=O)CSc2n[nH]c(N)n2)c(C)n1[C@H](C)c1ccccc1. The van der Waals surface area contributed by atoms with Crippen molar-refractivity contribution in [2.24, 2.45) is 0 Å². The van der Waals surface area contributed by atoms with Gasteiger partial charge in [0.1, 0.15) is 0 Å². The van der Waals surface area contributed by atoms with Crippen LogP contribution in [0.1, 0.15) is 40.3 Å². The van der Waals surface area contributed by atoms with Crippen molar-refractivity contribution < 1.29 is 4.79 Å². The van der Waals surface area contributed by atoms with Crippen LogP contribution in [0.15, 0.2) is 41.6 Å². The fraction of sp³-hybridized carbons (Fsp3) is 0.278. The summed E-state index contributed by atoms with van der Waals surface area (Å²) in [6, 6.07) is 12.4. The van der Waals surface area contributed by atoms with E-state index in [4.69, 9.17) is 5.73 Å². The Morgan fingerprint density at radius 3 is 2.68 bits per heavy atom. The standard InChI is InChI=1S/C18H21N5OS/c1-11-9-15(16(24)10-25-18-20-17(19)21-22-18)13(3)23(11)12(2)14-7-5-4-6-8-14/h4-9,12H,10H2,1-3H3,(H3,19,20,21,22)/t12-/m1/s1. The largest absolute Gasteiger partial charge is 0.368 e. The third-order valence-corrected chi connectivity index (χ3v) is 5.12. The predicted octanol–water partition coefficient (Wildman–Crippen LogP) is 3.39. The van der Waals surface area contributed by atoms with Gasteiger partial charge in [-0.1, -0.05) is 42.1 Å². The normalized spacial score (nSPS) is 12.3. The Morgan fingerprint density at radius 2 is 2.04 bits per heavy atom. The molecular formula is C18H21N5OS. The van der Waals surface area contributed by atoms with Gasteiger partial charge >= 0.3 is 0 Å². The fourth-order valence-electron chi connectivity index (χ4n) is 3.07. The van der Waals surface area contributed by atoms with Crippen LogP contribution in [0.5, 0.6) is 0 Å². The van der Waals surface area contributed by atoms with Gasteiger partial charge in [-0.15, -0.1) is 5.10 Å². The molecule has 25 heavy (non-hydrogen) atoms. The molecule has 0 unspecified atom stereocenters.